The molecule has 3 fully saturated rings. The van der Waals surface area contributed by atoms with Gasteiger partial charge in [-0.05, 0) is 57.9 Å². The second kappa shape index (κ2) is 9.52. The Labute approximate surface area is 204 Å². The fraction of sp³-hybridized carbons (Fsp3) is 0.760. The summed E-state index contributed by atoms with van der Waals surface area (Å²) in [5.41, 5.74) is 1.39. The third kappa shape index (κ3) is 5.29. The summed E-state index contributed by atoms with van der Waals surface area (Å²) >= 11 is 0. The van der Waals surface area contributed by atoms with Gasteiger partial charge in [0.25, 0.3) is 0 Å². The van der Waals surface area contributed by atoms with Gasteiger partial charge in [-0.15, -0.1) is 13.2 Å². The van der Waals surface area contributed by atoms with Crippen molar-refractivity contribution in [2.75, 3.05) is 19.6 Å². The molecule has 0 radical (unpaired) electrons. The Balaban J connectivity index is 1.25. The number of allylic oxidation sites excluding steroid dienone is 2. The molecule has 10 heteroatoms. The van der Waals surface area contributed by atoms with Crippen molar-refractivity contribution in [1.29, 1.82) is 0 Å². The number of aliphatic hydroxyl groups is 1. The first-order valence-corrected chi connectivity index (χ1v) is 12.8. The molecule has 3 heterocycles. The van der Waals surface area contributed by atoms with Crippen molar-refractivity contribution < 1.29 is 27.8 Å². The van der Waals surface area contributed by atoms with Gasteiger partial charge in [0.1, 0.15) is 5.92 Å². The number of piperidine rings is 1. The molecule has 0 aromatic heterocycles. The number of aliphatic hydroxyl groups excluding tert-OH is 1. The third-order valence-electron chi connectivity index (χ3n) is 8.16. The number of amides is 1. The van der Waals surface area contributed by atoms with E-state index in [0.717, 1.165) is 37.8 Å². The molecule has 3 unspecified atom stereocenters. The lowest BCUT2D eigenvalue weighted by atomic mass is 9.89. The number of hydrogen-bond donors (Lipinski definition) is 1. The minimum Gasteiger partial charge on any atom is -0.392 e. The molecule has 1 saturated carbocycles. The first-order valence-electron chi connectivity index (χ1n) is 12.8. The zero-order valence-corrected chi connectivity index (χ0v) is 20.3. The highest BCUT2D eigenvalue weighted by Gasteiger charge is 2.51. The van der Waals surface area contributed by atoms with Crippen molar-refractivity contribution >= 4 is 11.6 Å². The maximum atomic E-state index is 13.7. The molecule has 0 aromatic rings. The Morgan fingerprint density at radius 2 is 1.91 bits per heavy atom. The summed E-state index contributed by atoms with van der Waals surface area (Å²) in [4.78, 5) is 18.1. The van der Waals surface area contributed by atoms with Crippen LogP contribution in [0.15, 0.2) is 29.0 Å². The molecule has 7 nitrogen and oxygen atoms in total. The predicted octanol–water partition coefficient (Wildman–Crippen LogP) is 3.27. The van der Waals surface area contributed by atoms with Crippen LogP contribution in [-0.4, -0.2) is 87.9 Å². The number of rotatable bonds is 5. The summed E-state index contributed by atoms with van der Waals surface area (Å²) < 4.78 is 42.6. The van der Waals surface area contributed by atoms with Crippen LogP contribution >= 0.6 is 0 Å². The minimum atomic E-state index is -4.70. The predicted molar refractivity (Wildman–Crippen MR) is 124 cm³/mol. The fourth-order valence-corrected chi connectivity index (χ4v) is 6.38. The second-order valence-corrected chi connectivity index (χ2v) is 10.7. The van der Waals surface area contributed by atoms with Crippen molar-refractivity contribution in [3.05, 3.63) is 23.9 Å². The van der Waals surface area contributed by atoms with E-state index in [4.69, 9.17) is 5.10 Å². The minimum absolute atomic E-state index is 0.0716. The molecule has 35 heavy (non-hydrogen) atoms. The van der Waals surface area contributed by atoms with E-state index in [9.17, 15) is 23.1 Å². The van der Waals surface area contributed by atoms with Gasteiger partial charge in [-0.2, -0.15) is 5.10 Å². The molecule has 0 bridgehead atoms. The van der Waals surface area contributed by atoms with Crippen LogP contribution < -0.4 is 0 Å². The van der Waals surface area contributed by atoms with Crippen LogP contribution in [0.3, 0.4) is 0 Å². The summed E-state index contributed by atoms with van der Waals surface area (Å²) in [6, 6.07) is 0.584. The molecule has 0 aromatic carbocycles. The summed E-state index contributed by atoms with van der Waals surface area (Å²) in [6.07, 6.45) is 3.35. The van der Waals surface area contributed by atoms with Gasteiger partial charge in [-0.1, -0.05) is 12.2 Å². The van der Waals surface area contributed by atoms with Crippen LogP contribution in [-0.2, 0) is 9.53 Å². The lowest BCUT2D eigenvalue weighted by Crippen LogP contribution is -2.52. The van der Waals surface area contributed by atoms with Crippen molar-refractivity contribution in [1.82, 2.24) is 14.8 Å². The van der Waals surface area contributed by atoms with Crippen LogP contribution in [0.25, 0.3) is 0 Å². The second-order valence-electron chi connectivity index (χ2n) is 10.7. The molecular weight excluding hydrogens is 461 g/mol. The van der Waals surface area contributed by atoms with Gasteiger partial charge in [0, 0.05) is 49.5 Å². The van der Waals surface area contributed by atoms with E-state index in [1.807, 2.05) is 16.8 Å². The zero-order chi connectivity index (χ0) is 24.9. The van der Waals surface area contributed by atoms with Gasteiger partial charge in [0.15, 0.2) is 0 Å². The molecule has 5 atom stereocenters. The number of carbonyl (C=O) groups is 1. The Morgan fingerprint density at radius 1 is 1.20 bits per heavy atom. The number of likely N-dealkylation sites (tertiary alicyclic amines) is 2. The Bertz CT molecular complexity index is 908. The molecule has 3 aliphatic heterocycles. The monoisotopic (exact) mass is 496 g/mol. The number of alkyl halides is 3. The summed E-state index contributed by atoms with van der Waals surface area (Å²) in [5.74, 6) is 0.0115. The third-order valence-corrected chi connectivity index (χ3v) is 8.16. The maximum Gasteiger partial charge on any atom is 0.523 e. The molecule has 5 aliphatic rings. The van der Waals surface area contributed by atoms with Crippen LogP contribution in [0.4, 0.5) is 13.2 Å². The average molecular weight is 497 g/mol. The zero-order valence-electron chi connectivity index (χ0n) is 20.3. The highest BCUT2D eigenvalue weighted by atomic mass is 19.4. The Kier molecular flexibility index (Phi) is 6.74. The fourth-order valence-electron chi connectivity index (χ4n) is 6.38. The molecule has 2 saturated heterocycles. The number of hydrazone groups is 1. The van der Waals surface area contributed by atoms with E-state index < -0.39 is 12.5 Å². The van der Waals surface area contributed by atoms with Gasteiger partial charge < -0.3 is 10.0 Å². The number of nitrogens with zero attached hydrogens (tertiary/aromatic N) is 4. The van der Waals surface area contributed by atoms with E-state index in [0.29, 0.717) is 43.3 Å². The lowest BCUT2D eigenvalue weighted by Gasteiger charge is -2.40. The normalized spacial score (nSPS) is 35.0. The van der Waals surface area contributed by atoms with Crippen LogP contribution in [0.2, 0.25) is 0 Å². The first-order chi connectivity index (χ1) is 16.6. The Hall–Kier alpha value is -1.91. The number of β-amino-alcohol motifs (C(OH)–C–C–N with tert-alkyl or cyclic N) is 1. The molecule has 2 aliphatic carbocycles. The van der Waals surface area contributed by atoms with Crippen molar-refractivity contribution in [3.8, 4) is 0 Å². The molecule has 5 rings (SSSR count). The number of halogens is 3. The van der Waals surface area contributed by atoms with Crippen LogP contribution in [0, 0.1) is 11.8 Å². The van der Waals surface area contributed by atoms with Gasteiger partial charge in [-0.25, -0.2) is 0 Å². The van der Waals surface area contributed by atoms with Gasteiger partial charge in [0.2, 0.25) is 5.91 Å². The number of ether oxygens (including phenoxy) is 1. The summed E-state index contributed by atoms with van der Waals surface area (Å²) in [7, 11) is 0. The summed E-state index contributed by atoms with van der Waals surface area (Å²) in [6.45, 7) is 6.07. The van der Waals surface area contributed by atoms with Crippen molar-refractivity contribution in [2.24, 2.45) is 16.9 Å². The van der Waals surface area contributed by atoms with Crippen LogP contribution in [0.5, 0.6) is 0 Å². The SMILES string of the molecule is CC1=NN(C2=CC=CC(OC(F)(F)F)C2)C(C2CC2)C1C(=O)N1CCC(N2C[C@H](O)C[C@H]2C)CC1. The van der Waals surface area contributed by atoms with E-state index in [1.54, 1.807) is 12.2 Å². The molecule has 1 N–H and O–H groups in total. The molecular formula is C25H35F3N4O3. The largest absolute Gasteiger partial charge is 0.523 e. The van der Waals surface area contributed by atoms with Crippen molar-refractivity contribution in [3.63, 3.8) is 0 Å². The molecule has 1 amide bonds. The van der Waals surface area contributed by atoms with E-state index in [-0.39, 0.29) is 30.4 Å². The average Bonchev–Trinajstić information content (AvgIpc) is 3.50. The number of hydrogen-bond acceptors (Lipinski definition) is 6. The maximum absolute atomic E-state index is 13.7. The lowest BCUT2D eigenvalue weighted by molar-refractivity contribution is -0.336. The highest BCUT2D eigenvalue weighted by molar-refractivity contribution is 6.05. The first kappa shape index (κ1) is 24.8. The standard InChI is InChI=1S/C25H35F3N4O3/c1-15-12-20(33)14-31(15)18-8-10-30(11-9-18)24(34)22-16(2)29-32(23(22)17-6-7-17)19-4-3-5-21(13-19)35-25(26,27)28/h3-5,15,17-18,20-23,33H,6-14H2,1-2H3/t15-,20-,21?,22?,23?/m1/s1. The van der Waals surface area contributed by atoms with Gasteiger partial charge in [-0.3, -0.25) is 19.4 Å². The number of carbonyl (C=O) groups excluding carboxylic acids is 1. The summed E-state index contributed by atoms with van der Waals surface area (Å²) in [5, 5.41) is 16.5. The van der Waals surface area contributed by atoms with E-state index in [1.165, 1.54) is 6.08 Å². The van der Waals surface area contributed by atoms with Crippen LogP contribution in [0.1, 0.15) is 52.4 Å². The highest BCUT2D eigenvalue weighted by Crippen LogP contribution is 2.45. The smallest absolute Gasteiger partial charge is 0.392 e. The molecule has 194 valence electrons. The quantitative estimate of drug-likeness (QED) is 0.633. The van der Waals surface area contributed by atoms with Gasteiger partial charge >= 0.3 is 6.36 Å². The molecule has 0 spiro atoms. The Morgan fingerprint density at radius 3 is 2.51 bits per heavy atom. The topological polar surface area (TPSA) is 68.6 Å². The van der Waals surface area contributed by atoms with Crippen molar-refractivity contribution in [2.45, 2.75) is 89.1 Å². The van der Waals surface area contributed by atoms with E-state index >= 15 is 0 Å². The van der Waals surface area contributed by atoms with E-state index in [2.05, 4.69) is 16.6 Å². The van der Waals surface area contributed by atoms with Gasteiger partial charge in [0.05, 0.1) is 18.2 Å².